The van der Waals surface area contributed by atoms with Crippen molar-refractivity contribution in [2.75, 3.05) is 18.5 Å². The van der Waals surface area contributed by atoms with Crippen molar-refractivity contribution in [1.82, 2.24) is 9.78 Å². The smallest absolute Gasteiger partial charge is 0.348 e. The van der Waals surface area contributed by atoms with Crippen molar-refractivity contribution in [1.29, 1.82) is 0 Å². The molecule has 2 aromatic heterocycles. The first kappa shape index (κ1) is 24.1. The van der Waals surface area contributed by atoms with Crippen LogP contribution in [0.4, 0.5) is 5.00 Å². The Labute approximate surface area is 188 Å². The van der Waals surface area contributed by atoms with E-state index in [1.54, 1.807) is 25.5 Å². The van der Waals surface area contributed by atoms with Gasteiger partial charge in [0, 0.05) is 0 Å². The maximum absolute atomic E-state index is 12.9. The summed E-state index contributed by atoms with van der Waals surface area (Å²) in [5.74, 6) is -1.49. The molecule has 2 heterocycles. The molecule has 0 saturated heterocycles. The number of nitrogens with zero attached hydrogens (tertiary/aromatic N) is 2. The summed E-state index contributed by atoms with van der Waals surface area (Å²) in [6, 6.07) is -0.636. The highest BCUT2D eigenvalue weighted by Crippen LogP contribution is 2.35. The summed E-state index contributed by atoms with van der Waals surface area (Å²) in [6.07, 6.45) is 0.658. The summed E-state index contributed by atoms with van der Waals surface area (Å²) in [7, 11) is 0. The predicted molar refractivity (Wildman–Crippen MR) is 118 cm³/mol. The topological polar surface area (TPSA) is 99.5 Å². The van der Waals surface area contributed by atoms with Gasteiger partial charge in [0.15, 0.2) is 0 Å². The molecule has 164 valence electrons. The van der Waals surface area contributed by atoms with E-state index < -0.39 is 18.0 Å². The Hall–Kier alpha value is -2.20. The van der Waals surface area contributed by atoms with Gasteiger partial charge in [-0.2, -0.15) is 5.10 Å². The lowest BCUT2D eigenvalue weighted by molar-refractivity contribution is -0.119. The fourth-order valence-electron chi connectivity index (χ4n) is 2.85. The molecule has 8 nitrogen and oxygen atoms in total. The van der Waals surface area contributed by atoms with Crippen LogP contribution in [0.25, 0.3) is 0 Å². The van der Waals surface area contributed by atoms with E-state index in [1.165, 1.54) is 0 Å². The Morgan fingerprint density at radius 1 is 1.17 bits per heavy atom. The van der Waals surface area contributed by atoms with E-state index in [9.17, 15) is 14.4 Å². The highest BCUT2D eigenvalue weighted by molar-refractivity contribution is 9.10. The van der Waals surface area contributed by atoms with Gasteiger partial charge in [-0.3, -0.25) is 9.48 Å². The number of aromatic nitrogens is 2. The van der Waals surface area contributed by atoms with Gasteiger partial charge < -0.3 is 14.8 Å². The SMILES string of the molecule is CCCOC(=O)c1c(NC(=O)C(C)n2nc(C)c(Br)c2C)sc(C(=O)OCC)c1C. The first-order valence-electron chi connectivity index (χ1n) is 9.63. The second-order valence-electron chi connectivity index (χ2n) is 6.71. The number of nitrogens with one attached hydrogen (secondary N) is 1. The number of hydrogen-bond acceptors (Lipinski definition) is 7. The van der Waals surface area contributed by atoms with Gasteiger partial charge >= 0.3 is 11.9 Å². The second kappa shape index (κ2) is 10.2. The van der Waals surface area contributed by atoms with Gasteiger partial charge in [0.1, 0.15) is 15.9 Å². The van der Waals surface area contributed by atoms with E-state index in [0.717, 1.165) is 27.2 Å². The van der Waals surface area contributed by atoms with Crippen LogP contribution in [0.3, 0.4) is 0 Å². The number of ether oxygens (including phenoxy) is 2. The first-order valence-corrected chi connectivity index (χ1v) is 11.2. The van der Waals surface area contributed by atoms with E-state index in [-0.39, 0.29) is 34.6 Å². The monoisotopic (exact) mass is 499 g/mol. The molecule has 1 atom stereocenters. The van der Waals surface area contributed by atoms with Crippen LogP contribution in [0.15, 0.2) is 4.47 Å². The van der Waals surface area contributed by atoms with Crippen LogP contribution in [0, 0.1) is 20.8 Å². The van der Waals surface area contributed by atoms with E-state index in [1.807, 2.05) is 20.8 Å². The normalized spacial score (nSPS) is 11.8. The lowest BCUT2D eigenvalue weighted by Gasteiger charge is -2.14. The molecule has 1 unspecified atom stereocenters. The van der Waals surface area contributed by atoms with Gasteiger partial charge in [0.25, 0.3) is 0 Å². The predicted octanol–water partition coefficient (Wildman–Crippen LogP) is 4.58. The maximum atomic E-state index is 12.9. The Kier molecular flexibility index (Phi) is 8.19. The number of hydrogen-bond donors (Lipinski definition) is 1. The highest BCUT2D eigenvalue weighted by atomic mass is 79.9. The maximum Gasteiger partial charge on any atom is 0.348 e. The summed E-state index contributed by atoms with van der Waals surface area (Å²) in [4.78, 5) is 38.1. The third kappa shape index (κ3) is 4.92. The minimum atomic E-state index is -0.636. The standard InChI is InChI=1S/C20H26BrN3O5S/c1-7-9-29-19(26)14-10(3)16(20(27)28-8-2)30-18(14)22-17(25)13(6)24-12(5)15(21)11(4)23-24/h13H,7-9H2,1-6H3,(H,22,25). The number of amides is 1. The molecule has 2 aromatic rings. The van der Waals surface area contributed by atoms with Crippen LogP contribution in [0.5, 0.6) is 0 Å². The molecule has 0 aliphatic heterocycles. The van der Waals surface area contributed by atoms with E-state index in [4.69, 9.17) is 9.47 Å². The molecule has 0 spiro atoms. The van der Waals surface area contributed by atoms with Crippen molar-refractivity contribution in [2.24, 2.45) is 0 Å². The molecule has 0 radical (unpaired) electrons. The van der Waals surface area contributed by atoms with Crippen LogP contribution in [-0.2, 0) is 14.3 Å². The Balaban J connectivity index is 2.39. The van der Waals surface area contributed by atoms with E-state index in [2.05, 4.69) is 26.3 Å². The van der Waals surface area contributed by atoms with Gasteiger partial charge in [0.05, 0.1) is 34.6 Å². The zero-order chi connectivity index (χ0) is 22.6. The number of thiophene rings is 1. The third-order valence-electron chi connectivity index (χ3n) is 4.47. The number of halogens is 1. The largest absolute Gasteiger partial charge is 0.462 e. The van der Waals surface area contributed by atoms with Crippen molar-refractivity contribution >= 4 is 50.1 Å². The lowest BCUT2D eigenvalue weighted by atomic mass is 10.1. The minimum absolute atomic E-state index is 0.173. The average Bonchev–Trinajstić information content (AvgIpc) is 3.16. The number of anilines is 1. The van der Waals surface area contributed by atoms with Crippen LogP contribution in [0.2, 0.25) is 0 Å². The van der Waals surface area contributed by atoms with E-state index >= 15 is 0 Å². The summed E-state index contributed by atoms with van der Waals surface area (Å²) in [6.45, 7) is 11.1. The van der Waals surface area contributed by atoms with Gasteiger partial charge in [-0.25, -0.2) is 9.59 Å². The molecule has 0 fully saturated rings. The summed E-state index contributed by atoms with van der Waals surface area (Å²) >= 11 is 4.46. The Bertz CT molecular complexity index is 966. The van der Waals surface area contributed by atoms with Gasteiger partial charge in [-0.15, -0.1) is 11.3 Å². The van der Waals surface area contributed by atoms with Gasteiger partial charge in [-0.05, 0) is 62.5 Å². The fourth-order valence-corrected chi connectivity index (χ4v) is 4.21. The molecule has 2 rings (SSSR count). The average molecular weight is 500 g/mol. The molecule has 0 aliphatic carbocycles. The van der Waals surface area contributed by atoms with Crippen molar-refractivity contribution in [3.63, 3.8) is 0 Å². The highest BCUT2D eigenvalue weighted by Gasteiger charge is 2.29. The number of esters is 2. The molecule has 10 heteroatoms. The van der Waals surface area contributed by atoms with Crippen molar-refractivity contribution < 1.29 is 23.9 Å². The van der Waals surface area contributed by atoms with Crippen LogP contribution in [-0.4, -0.2) is 40.8 Å². The van der Waals surface area contributed by atoms with Crippen LogP contribution in [0.1, 0.15) is 70.2 Å². The quantitative estimate of drug-likeness (QED) is 0.533. The molecule has 0 aromatic carbocycles. The van der Waals surface area contributed by atoms with Gasteiger partial charge in [0.2, 0.25) is 5.91 Å². The first-order chi connectivity index (χ1) is 14.1. The summed E-state index contributed by atoms with van der Waals surface area (Å²) in [5.41, 5.74) is 2.18. The molecule has 0 bridgehead atoms. The summed E-state index contributed by atoms with van der Waals surface area (Å²) in [5, 5.41) is 7.43. The molecular weight excluding hydrogens is 474 g/mol. The Morgan fingerprint density at radius 3 is 2.37 bits per heavy atom. The number of carbonyl (C=O) groups excluding carboxylic acids is 3. The fraction of sp³-hybridized carbons (Fsp3) is 0.500. The zero-order valence-electron chi connectivity index (χ0n) is 17.9. The third-order valence-corrected chi connectivity index (χ3v) is 6.80. The molecule has 1 N–H and O–H groups in total. The lowest BCUT2D eigenvalue weighted by Crippen LogP contribution is -2.25. The zero-order valence-corrected chi connectivity index (χ0v) is 20.3. The summed E-state index contributed by atoms with van der Waals surface area (Å²) < 4.78 is 12.8. The van der Waals surface area contributed by atoms with E-state index in [0.29, 0.717) is 12.0 Å². The minimum Gasteiger partial charge on any atom is -0.462 e. The van der Waals surface area contributed by atoms with Crippen molar-refractivity contribution in [2.45, 2.75) is 54.0 Å². The second-order valence-corrected chi connectivity index (χ2v) is 8.52. The van der Waals surface area contributed by atoms with Gasteiger partial charge in [-0.1, -0.05) is 6.92 Å². The van der Waals surface area contributed by atoms with Crippen LogP contribution < -0.4 is 5.32 Å². The van der Waals surface area contributed by atoms with Crippen molar-refractivity contribution in [3.8, 4) is 0 Å². The van der Waals surface area contributed by atoms with Crippen LogP contribution >= 0.6 is 27.3 Å². The molecule has 1 amide bonds. The Morgan fingerprint density at radius 2 is 1.83 bits per heavy atom. The number of aryl methyl sites for hydroxylation is 1. The molecule has 0 aliphatic rings. The molecule has 0 saturated carbocycles. The number of rotatable bonds is 8. The van der Waals surface area contributed by atoms with Crippen molar-refractivity contribution in [3.05, 3.63) is 31.9 Å². The molecular formula is C20H26BrN3O5S. The number of carbonyl (C=O) groups is 3. The molecule has 30 heavy (non-hydrogen) atoms.